The van der Waals surface area contributed by atoms with Gasteiger partial charge in [-0.2, -0.15) is 0 Å². The second-order valence-corrected chi connectivity index (χ2v) is 7.27. The Morgan fingerprint density at radius 1 is 0.923 bits per heavy atom. The molecule has 0 amide bonds. The molecule has 0 heterocycles. The van der Waals surface area contributed by atoms with Crippen LogP contribution in [0, 0.1) is 6.92 Å². The van der Waals surface area contributed by atoms with Crippen LogP contribution in [0.4, 0.5) is 0 Å². The van der Waals surface area contributed by atoms with E-state index in [1.165, 1.54) is 0 Å². The maximum absolute atomic E-state index is 12.8. The second-order valence-electron chi connectivity index (χ2n) is 7.27. The van der Waals surface area contributed by atoms with E-state index in [-0.39, 0.29) is 16.5 Å². The normalized spacial score (nSPS) is 11.1. The first kappa shape index (κ1) is 19.7. The van der Waals surface area contributed by atoms with Crippen LogP contribution in [0.15, 0.2) is 42.5 Å². The molecule has 4 nitrogen and oxygen atoms in total. The average molecular weight is 354 g/mol. The van der Waals surface area contributed by atoms with E-state index in [0.717, 1.165) is 17.5 Å². The van der Waals surface area contributed by atoms with E-state index in [2.05, 4.69) is 20.8 Å². The fraction of sp³-hybridized carbons (Fsp3) is 0.364. The van der Waals surface area contributed by atoms with Crippen molar-refractivity contribution in [2.45, 2.75) is 46.5 Å². The van der Waals surface area contributed by atoms with Crippen LogP contribution in [-0.4, -0.2) is 18.5 Å². The minimum Gasteiger partial charge on any atom is -0.462 e. The number of aryl methyl sites for hydroxylation is 1. The molecule has 138 valence electrons. The highest BCUT2D eigenvalue weighted by Gasteiger charge is 2.24. The van der Waals surface area contributed by atoms with Gasteiger partial charge in [0.1, 0.15) is 5.75 Å². The summed E-state index contributed by atoms with van der Waals surface area (Å²) < 4.78 is 10.9. The van der Waals surface area contributed by atoms with Crippen LogP contribution in [0.25, 0.3) is 0 Å². The van der Waals surface area contributed by atoms with E-state index in [0.29, 0.717) is 12.4 Å². The maximum Gasteiger partial charge on any atom is 0.344 e. The Labute approximate surface area is 155 Å². The maximum atomic E-state index is 12.8. The summed E-state index contributed by atoms with van der Waals surface area (Å²) in [5, 5.41) is 0. The highest BCUT2D eigenvalue weighted by atomic mass is 16.5. The Hall–Kier alpha value is -2.62. The first-order chi connectivity index (χ1) is 12.3. The molecule has 0 saturated carbocycles. The van der Waals surface area contributed by atoms with Crippen molar-refractivity contribution in [2.75, 3.05) is 6.61 Å². The molecule has 0 bridgehead atoms. The first-order valence-corrected chi connectivity index (χ1v) is 8.84. The number of esters is 2. The summed E-state index contributed by atoms with van der Waals surface area (Å²) in [5.41, 5.74) is 2.06. The van der Waals surface area contributed by atoms with Crippen LogP contribution in [0.2, 0.25) is 0 Å². The molecule has 2 rings (SSSR count). The SMILES string of the molecule is CCCOC(=O)c1ccccc1C(=O)Oc1c(C)cccc1C(C)(C)C. The van der Waals surface area contributed by atoms with Gasteiger partial charge in [0.2, 0.25) is 0 Å². The van der Waals surface area contributed by atoms with E-state index >= 15 is 0 Å². The van der Waals surface area contributed by atoms with E-state index < -0.39 is 11.9 Å². The lowest BCUT2D eigenvalue weighted by atomic mass is 9.85. The van der Waals surface area contributed by atoms with Crippen molar-refractivity contribution >= 4 is 11.9 Å². The van der Waals surface area contributed by atoms with Crippen molar-refractivity contribution in [1.82, 2.24) is 0 Å². The van der Waals surface area contributed by atoms with Gasteiger partial charge in [-0.3, -0.25) is 0 Å². The molecule has 0 aromatic heterocycles. The van der Waals surface area contributed by atoms with Gasteiger partial charge in [-0.05, 0) is 36.5 Å². The monoisotopic (exact) mass is 354 g/mol. The molecule has 0 aliphatic heterocycles. The number of hydrogen-bond acceptors (Lipinski definition) is 4. The lowest BCUT2D eigenvalue weighted by molar-refractivity contribution is 0.0496. The predicted molar refractivity (Wildman–Crippen MR) is 102 cm³/mol. The number of ether oxygens (including phenoxy) is 2. The number of rotatable bonds is 5. The van der Waals surface area contributed by atoms with Crippen molar-refractivity contribution in [3.05, 3.63) is 64.7 Å². The number of benzene rings is 2. The molecular weight excluding hydrogens is 328 g/mol. The van der Waals surface area contributed by atoms with E-state index in [1.807, 2.05) is 32.0 Å². The Kier molecular flexibility index (Phi) is 6.19. The summed E-state index contributed by atoms with van der Waals surface area (Å²) in [6, 6.07) is 12.4. The molecule has 4 heteroatoms. The zero-order valence-electron chi connectivity index (χ0n) is 16.1. The minimum atomic E-state index is -0.561. The van der Waals surface area contributed by atoms with E-state index in [9.17, 15) is 9.59 Å². The third-order valence-corrected chi connectivity index (χ3v) is 4.02. The Morgan fingerprint density at radius 2 is 1.54 bits per heavy atom. The lowest BCUT2D eigenvalue weighted by Crippen LogP contribution is -2.19. The van der Waals surface area contributed by atoms with Gasteiger partial charge in [0, 0.05) is 5.56 Å². The summed E-state index contributed by atoms with van der Waals surface area (Å²) >= 11 is 0. The molecular formula is C22H26O4. The van der Waals surface area contributed by atoms with Crippen LogP contribution in [0.1, 0.15) is 66.0 Å². The highest BCUT2D eigenvalue weighted by Crippen LogP contribution is 2.34. The van der Waals surface area contributed by atoms with Crippen LogP contribution in [0.3, 0.4) is 0 Å². The third-order valence-electron chi connectivity index (χ3n) is 4.02. The molecule has 2 aromatic rings. The van der Waals surface area contributed by atoms with Gasteiger partial charge < -0.3 is 9.47 Å². The molecule has 0 saturated heterocycles. The van der Waals surface area contributed by atoms with Crippen LogP contribution < -0.4 is 4.74 Å². The molecule has 0 radical (unpaired) electrons. The summed E-state index contributed by atoms with van der Waals surface area (Å²) in [4.78, 5) is 25.1. The Balaban J connectivity index is 2.37. The van der Waals surface area contributed by atoms with Gasteiger partial charge in [0.25, 0.3) is 0 Å². The van der Waals surface area contributed by atoms with Crippen molar-refractivity contribution in [2.24, 2.45) is 0 Å². The summed E-state index contributed by atoms with van der Waals surface area (Å²) in [6.07, 6.45) is 0.719. The fourth-order valence-electron chi connectivity index (χ4n) is 2.64. The molecule has 0 aliphatic rings. The quantitative estimate of drug-likeness (QED) is 0.555. The largest absolute Gasteiger partial charge is 0.462 e. The number of para-hydroxylation sites is 1. The molecule has 2 aromatic carbocycles. The van der Waals surface area contributed by atoms with Gasteiger partial charge >= 0.3 is 11.9 Å². The summed E-state index contributed by atoms with van der Waals surface area (Å²) in [6.45, 7) is 10.3. The molecule has 0 aliphatic carbocycles. The number of hydrogen-bond donors (Lipinski definition) is 0. The van der Waals surface area contributed by atoms with Crippen LogP contribution in [0.5, 0.6) is 5.75 Å². The molecule has 0 fully saturated rings. The third kappa shape index (κ3) is 4.51. The average Bonchev–Trinajstić information content (AvgIpc) is 2.60. The zero-order chi connectivity index (χ0) is 19.3. The standard InChI is InChI=1S/C22H26O4/c1-6-14-25-20(23)16-11-7-8-12-17(16)21(24)26-19-15(2)10-9-13-18(19)22(3,4)5/h7-13H,6,14H2,1-5H3. The predicted octanol–water partition coefficient (Wildman–Crippen LogP) is 5.08. The molecule has 0 N–H and O–H groups in total. The van der Waals surface area contributed by atoms with Crippen LogP contribution in [-0.2, 0) is 10.2 Å². The highest BCUT2D eigenvalue weighted by molar-refractivity contribution is 6.03. The van der Waals surface area contributed by atoms with Crippen molar-refractivity contribution in [3.8, 4) is 5.75 Å². The summed E-state index contributed by atoms with van der Waals surface area (Å²) in [5.74, 6) is -0.532. The minimum absolute atomic E-state index is 0.179. The molecule has 26 heavy (non-hydrogen) atoms. The fourth-order valence-corrected chi connectivity index (χ4v) is 2.64. The molecule has 0 atom stereocenters. The van der Waals surface area contributed by atoms with Crippen LogP contribution >= 0.6 is 0 Å². The lowest BCUT2D eigenvalue weighted by Gasteiger charge is -2.23. The molecule has 0 spiro atoms. The number of carbonyl (C=O) groups is 2. The molecule has 0 unspecified atom stereocenters. The number of carbonyl (C=O) groups excluding carboxylic acids is 2. The smallest absolute Gasteiger partial charge is 0.344 e. The second kappa shape index (κ2) is 8.17. The van der Waals surface area contributed by atoms with E-state index in [4.69, 9.17) is 9.47 Å². The van der Waals surface area contributed by atoms with Gasteiger partial charge in [-0.25, -0.2) is 9.59 Å². The van der Waals surface area contributed by atoms with Gasteiger partial charge in [-0.15, -0.1) is 0 Å². The van der Waals surface area contributed by atoms with Gasteiger partial charge in [0.05, 0.1) is 17.7 Å². The Morgan fingerprint density at radius 3 is 2.12 bits per heavy atom. The zero-order valence-corrected chi connectivity index (χ0v) is 16.1. The van der Waals surface area contributed by atoms with E-state index in [1.54, 1.807) is 24.3 Å². The van der Waals surface area contributed by atoms with Crippen molar-refractivity contribution in [3.63, 3.8) is 0 Å². The first-order valence-electron chi connectivity index (χ1n) is 8.84. The van der Waals surface area contributed by atoms with Gasteiger partial charge in [0.15, 0.2) is 0 Å². The van der Waals surface area contributed by atoms with Crippen molar-refractivity contribution < 1.29 is 19.1 Å². The Bertz CT molecular complexity index is 800. The van der Waals surface area contributed by atoms with Gasteiger partial charge in [-0.1, -0.05) is 58.0 Å². The van der Waals surface area contributed by atoms with Crippen molar-refractivity contribution in [1.29, 1.82) is 0 Å². The summed E-state index contributed by atoms with van der Waals surface area (Å²) in [7, 11) is 0. The topological polar surface area (TPSA) is 52.6 Å².